The fraction of sp³-hybridized carbons (Fsp3) is 0.227. The molecule has 5 nitrogen and oxygen atoms in total. The van der Waals surface area contributed by atoms with Gasteiger partial charge in [0.05, 0.1) is 23.2 Å². The molecule has 0 aliphatic carbocycles. The number of fused-ring (bicyclic) bond motifs is 1. The third-order valence-corrected chi connectivity index (χ3v) is 4.00. The highest BCUT2D eigenvalue weighted by molar-refractivity contribution is 6.04. The van der Waals surface area contributed by atoms with Gasteiger partial charge in [-0.3, -0.25) is 14.6 Å². The molecule has 0 saturated heterocycles. The first-order chi connectivity index (χ1) is 12.8. The van der Waals surface area contributed by atoms with Gasteiger partial charge in [0.2, 0.25) is 5.91 Å². The third-order valence-electron chi connectivity index (χ3n) is 4.00. The van der Waals surface area contributed by atoms with E-state index in [9.17, 15) is 9.59 Å². The summed E-state index contributed by atoms with van der Waals surface area (Å²) in [7, 11) is 0. The zero-order chi connectivity index (χ0) is 19.4. The number of anilines is 1. The molecule has 0 spiro atoms. The van der Waals surface area contributed by atoms with Gasteiger partial charge >= 0.3 is 0 Å². The van der Waals surface area contributed by atoms with Crippen molar-refractivity contribution in [2.24, 2.45) is 0 Å². The Kier molecular flexibility index (Phi) is 5.21. The normalized spacial score (nSPS) is 11.2. The van der Waals surface area contributed by atoms with Gasteiger partial charge in [0.15, 0.2) is 0 Å². The fourth-order valence-corrected chi connectivity index (χ4v) is 2.88. The molecule has 2 amide bonds. The summed E-state index contributed by atoms with van der Waals surface area (Å²) in [4.78, 5) is 29.5. The zero-order valence-electron chi connectivity index (χ0n) is 15.7. The van der Waals surface area contributed by atoms with Crippen molar-refractivity contribution in [3.05, 3.63) is 71.9 Å². The number of carbonyl (C=O) groups is 2. The Morgan fingerprint density at radius 2 is 1.70 bits per heavy atom. The second kappa shape index (κ2) is 7.58. The van der Waals surface area contributed by atoms with Crippen LogP contribution in [0.2, 0.25) is 0 Å². The van der Waals surface area contributed by atoms with Gasteiger partial charge in [0.25, 0.3) is 5.91 Å². The highest BCUT2D eigenvalue weighted by Crippen LogP contribution is 2.19. The highest BCUT2D eigenvalue weighted by Gasteiger charge is 2.19. The van der Waals surface area contributed by atoms with E-state index in [0.29, 0.717) is 11.3 Å². The number of aromatic nitrogens is 1. The largest absolute Gasteiger partial charge is 0.347 e. The van der Waals surface area contributed by atoms with Crippen molar-refractivity contribution in [2.75, 3.05) is 5.32 Å². The average Bonchev–Trinajstić information content (AvgIpc) is 2.61. The van der Waals surface area contributed by atoms with Crippen LogP contribution < -0.4 is 10.6 Å². The first-order valence-electron chi connectivity index (χ1n) is 8.87. The highest BCUT2D eigenvalue weighted by atomic mass is 16.2. The number of nitrogens with one attached hydrogen (secondary N) is 2. The van der Waals surface area contributed by atoms with E-state index < -0.39 is 0 Å². The van der Waals surface area contributed by atoms with Gasteiger partial charge in [-0.1, -0.05) is 36.4 Å². The standard InChI is InChI=1S/C22H23N3O2/c1-22(2,3)25-21(27)17-11-4-5-12-18(17)24-19(26)14-16-9-6-8-15-10-7-13-23-20(15)16/h4-13H,14H2,1-3H3,(H,24,26)(H,25,27). The lowest BCUT2D eigenvalue weighted by atomic mass is 10.1. The molecule has 27 heavy (non-hydrogen) atoms. The van der Waals surface area contributed by atoms with E-state index in [1.54, 1.807) is 30.5 Å². The van der Waals surface area contributed by atoms with Crippen LogP contribution in [-0.2, 0) is 11.2 Å². The minimum atomic E-state index is -0.358. The maximum Gasteiger partial charge on any atom is 0.253 e. The van der Waals surface area contributed by atoms with E-state index in [4.69, 9.17) is 0 Å². The quantitative estimate of drug-likeness (QED) is 0.739. The lowest BCUT2D eigenvalue weighted by Crippen LogP contribution is -2.40. The van der Waals surface area contributed by atoms with Crippen molar-refractivity contribution in [3.8, 4) is 0 Å². The molecule has 0 saturated carbocycles. The summed E-state index contributed by atoms with van der Waals surface area (Å²) >= 11 is 0. The zero-order valence-corrected chi connectivity index (χ0v) is 15.7. The van der Waals surface area contributed by atoms with Crippen LogP contribution in [0.3, 0.4) is 0 Å². The number of hydrogen-bond acceptors (Lipinski definition) is 3. The maximum absolute atomic E-state index is 12.6. The Hall–Kier alpha value is -3.21. The predicted octanol–water partition coefficient (Wildman–Crippen LogP) is 3.94. The van der Waals surface area contributed by atoms with E-state index in [-0.39, 0.29) is 23.8 Å². The van der Waals surface area contributed by atoms with Gasteiger partial charge in [-0.15, -0.1) is 0 Å². The van der Waals surface area contributed by atoms with Crippen LogP contribution >= 0.6 is 0 Å². The lowest BCUT2D eigenvalue weighted by molar-refractivity contribution is -0.115. The van der Waals surface area contributed by atoms with Crippen LogP contribution in [0.4, 0.5) is 5.69 Å². The van der Waals surface area contributed by atoms with Crippen LogP contribution in [0.1, 0.15) is 36.7 Å². The molecular formula is C22H23N3O2. The molecule has 0 aliphatic heterocycles. The first-order valence-corrected chi connectivity index (χ1v) is 8.87. The van der Waals surface area contributed by atoms with Crippen molar-refractivity contribution < 1.29 is 9.59 Å². The van der Waals surface area contributed by atoms with Gasteiger partial charge in [-0.25, -0.2) is 0 Å². The number of rotatable bonds is 4. The SMILES string of the molecule is CC(C)(C)NC(=O)c1ccccc1NC(=O)Cc1cccc2cccnc12. The summed E-state index contributed by atoms with van der Waals surface area (Å²) in [6, 6.07) is 16.6. The monoisotopic (exact) mass is 361 g/mol. The summed E-state index contributed by atoms with van der Waals surface area (Å²) in [5.74, 6) is -0.408. The second-order valence-corrected chi connectivity index (χ2v) is 7.47. The molecule has 5 heteroatoms. The van der Waals surface area contributed by atoms with Crippen LogP contribution in [-0.4, -0.2) is 22.3 Å². The number of nitrogens with zero attached hydrogens (tertiary/aromatic N) is 1. The topological polar surface area (TPSA) is 71.1 Å². The van der Waals surface area contributed by atoms with Crippen molar-refractivity contribution >= 4 is 28.4 Å². The predicted molar refractivity (Wildman–Crippen MR) is 108 cm³/mol. The first kappa shape index (κ1) is 18.6. The molecule has 1 aromatic heterocycles. The molecule has 0 bridgehead atoms. The summed E-state index contributed by atoms with van der Waals surface area (Å²) in [6.07, 6.45) is 1.90. The summed E-state index contributed by atoms with van der Waals surface area (Å²) in [6.45, 7) is 5.75. The number of carbonyl (C=O) groups excluding carboxylic acids is 2. The molecule has 0 aliphatic rings. The lowest BCUT2D eigenvalue weighted by Gasteiger charge is -2.21. The Balaban J connectivity index is 1.79. The number of amides is 2. The number of pyridine rings is 1. The fourth-order valence-electron chi connectivity index (χ4n) is 2.88. The minimum Gasteiger partial charge on any atom is -0.347 e. The molecule has 0 atom stereocenters. The average molecular weight is 361 g/mol. The van der Waals surface area contributed by atoms with Gasteiger partial charge in [0, 0.05) is 17.1 Å². The Bertz CT molecular complexity index is 985. The van der Waals surface area contributed by atoms with E-state index in [0.717, 1.165) is 16.5 Å². The summed E-state index contributed by atoms with van der Waals surface area (Å²) in [5.41, 5.74) is 2.24. The van der Waals surface area contributed by atoms with E-state index in [1.807, 2.05) is 51.1 Å². The van der Waals surface area contributed by atoms with Crippen molar-refractivity contribution in [1.82, 2.24) is 10.3 Å². The number of hydrogen-bond donors (Lipinski definition) is 2. The molecule has 2 N–H and O–H groups in total. The molecule has 2 aromatic carbocycles. The number of benzene rings is 2. The molecule has 138 valence electrons. The summed E-state index contributed by atoms with van der Waals surface area (Å²) < 4.78 is 0. The third kappa shape index (κ3) is 4.70. The Morgan fingerprint density at radius 1 is 0.963 bits per heavy atom. The van der Waals surface area contributed by atoms with E-state index >= 15 is 0 Å². The van der Waals surface area contributed by atoms with Crippen molar-refractivity contribution in [3.63, 3.8) is 0 Å². The molecule has 3 rings (SSSR count). The van der Waals surface area contributed by atoms with E-state index in [1.165, 1.54) is 0 Å². The maximum atomic E-state index is 12.6. The number of para-hydroxylation sites is 2. The van der Waals surface area contributed by atoms with Gasteiger partial charge in [0.1, 0.15) is 0 Å². The molecule has 0 fully saturated rings. The Labute approximate surface area is 158 Å². The van der Waals surface area contributed by atoms with Crippen molar-refractivity contribution in [1.29, 1.82) is 0 Å². The molecule has 0 radical (unpaired) electrons. The molecular weight excluding hydrogens is 338 g/mol. The second-order valence-electron chi connectivity index (χ2n) is 7.47. The van der Waals surface area contributed by atoms with Crippen LogP contribution in [0.15, 0.2) is 60.8 Å². The van der Waals surface area contributed by atoms with Crippen LogP contribution in [0.5, 0.6) is 0 Å². The van der Waals surface area contributed by atoms with Crippen LogP contribution in [0.25, 0.3) is 10.9 Å². The molecule has 0 unspecified atom stereocenters. The van der Waals surface area contributed by atoms with Crippen LogP contribution in [0, 0.1) is 0 Å². The van der Waals surface area contributed by atoms with Gasteiger partial charge in [-0.2, -0.15) is 0 Å². The Morgan fingerprint density at radius 3 is 2.48 bits per heavy atom. The minimum absolute atomic E-state index is 0.184. The van der Waals surface area contributed by atoms with E-state index in [2.05, 4.69) is 15.6 Å². The summed E-state index contributed by atoms with van der Waals surface area (Å²) in [5, 5.41) is 6.78. The molecule has 3 aromatic rings. The van der Waals surface area contributed by atoms with Gasteiger partial charge < -0.3 is 10.6 Å². The molecule has 1 heterocycles. The smallest absolute Gasteiger partial charge is 0.253 e. The van der Waals surface area contributed by atoms with Gasteiger partial charge in [-0.05, 0) is 44.5 Å². The van der Waals surface area contributed by atoms with Crippen molar-refractivity contribution in [2.45, 2.75) is 32.7 Å².